The molecule has 1 saturated heterocycles. The van der Waals surface area contributed by atoms with Crippen molar-refractivity contribution < 1.29 is 27.9 Å². The van der Waals surface area contributed by atoms with Gasteiger partial charge in [-0.05, 0) is 48.7 Å². The van der Waals surface area contributed by atoms with E-state index < -0.39 is 12.1 Å². The summed E-state index contributed by atoms with van der Waals surface area (Å²) in [5, 5.41) is 13.4. The maximum Gasteiger partial charge on any atom is 0.490 e. The summed E-state index contributed by atoms with van der Waals surface area (Å²) in [5.41, 5.74) is 7.57. The number of rotatable bonds is 4. The SMILES string of the molecule is NCC1CCN(c2cnn(CC(=O)N3CCc4sccc4C3)c(=O)c2)CC1.O=C(O)C(F)(F)F. The maximum absolute atomic E-state index is 12.6. The van der Waals surface area contributed by atoms with E-state index in [0.29, 0.717) is 19.0 Å². The number of fused-ring (bicyclic) bond motifs is 1. The molecule has 13 heteroatoms. The summed E-state index contributed by atoms with van der Waals surface area (Å²) < 4.78 is 33.0. The fraction of sp³-hybridized carbons (Fsp3) is 0.524. The van der Waals surface area contributed by atoms with Crippen LogP contribution in [0.25, 0.3) is 0 Å². The zero-order chi connectivity index (χ0) is 24.9. The van der Waals surface area contributed by atoms with E-state index in [2.05, 4.69) is 21.4 Å². The van der Waals surface area contributed by atoms with Gasteiger partial charge in [-0.15, -0.1) is 11.3 Å². The van der Waals surface area contributed by atoms with E-state index in [4.69, 9.17) is 15.6 Å². The first kappa shape index (κ1) is 25.7. The predicted molar refractivity (Wildman–Crippen MR) is 120 cm³/mol. The van der Waals surface area contributed by atoms with Crippen LogP contribution in [0.4, 0.5) is 18.9 Å². The molecule has 3 N–H and O–H groups in total. The van der Waals surface area contributed by atoms with Crippen LogP contribution in [0.2, 0.25) is 0 Å². The number of amides is 1. The van der Waals surface area contributed by atoms with Crippen LogP contribution in [0.1, 0.15) is 23.3 Å². The van der Waals surface area contributed by atoms with Gasteiger partial charge in [-0.3, -0.25) is 9.59 Å². The lowest BCUT2D eigenvalue weighted by atomic mass is 9.97. The maximum atomic E-state index is 12.6. The number of aromatic nitrogens is 2. The van der Waals surface area contributed by atoms with Gasteiger partial charge in [-0.25, -0.2) is 9.48 Å². The van der Waals surface area contributed by atoms with Crippen molar-refractivity contribution in [1.29, 1.82) is 0 Å². The molecule has 9 nitrogen and oxygen atoms in total. The second-order valence-corrected chi connectivity index (χ2v) is 9.11. The minimum atomic E-state index is -5.08. The van der Waals surface area contributed by atoms with Crippen molar-refractivity contribution in [3.8, 4) is 0 Å². The summed E-state index contributed by atoms with van der Waals surface area (Å²) in [6.45, 7) is 3.83. The summed E-state index contributed by atoms with van der Waals surface area (Å²) in [6, 6.07) is 3.67. The van der Waals surface area contributed by atoms with Crippen molar-refractivity contribution in [2.75, 3.05) is 31.1 Å². The van der Waals surface area contributed by atoms with Gasteiger partial charge in [0.15, 0.2) is 0 Å². The number of hydrogen-bond donors (Lipinski definition) is 2. The number of hydrogen-bond acceptors (Lipinski definition) is 7. The van der Waals surface area contributed by atoms with E-state index in [1.165, 1.54) is 15.1 Å². The Morgan fingerprint density at radius 3 is 2.50 bits per heavy atom. The minimum Gasteiger partial charge on any atom is -0.475 e. The van der Waals surface area contributed by atoms with Crippen LogP contribution >= 0.6 is 11.3 Å². The Morgan fingerprint density at radius 2 is 1.91 bits per heavy atom. The number of anilines is 1. The first-order valence-corrected chi connectivity index (χ1v) is 11.6. The van der Waals surface area contributed by atoms with Crippen LogP contribution < -0.4 is 16.2 Å². The Labute approximate surface area is 197 Å². The molecule has 0 aromatic carbocycles. The first-order valence-electron chi connectivity index (χ1n) is 10.7. The Kier molecular flexibility index (Phi) is 8.31. The summed E-state index contributed by atoms with van der Waals surface area (Å²) in [6.07, 6.45) is -0.418. The zero-order valence-corrected chi connectivity index (χ0v) is 19.1. The Hall–Kier alpha value is -2.93. The molecule has 0 atom stereocenters. The van der Waals surface area contributed by atoms with Gasteiger partial charge in [0.05, 0.1) is 11.9 Å². The number of carbonyl (C=O) groups excluding carboxylic acids is 1. The number of nitrogens with two attached hydrogens (primary N) is 1. The van der Waals surface area contributed by atoms with Crippen molar-refractivity contribution in [1.82, 2.24) is 14.7 Å². The number of aliphatic carboxylic acids is 1. The zero-order valence-electron chi connectivity index (χ0n) is 18.3. The molecule has 4 heterocycles. The number of piperidine rings is 1. The number of nitrogens with zero attached hydrogens (tertiary/aromatic N) is 4. The first-order chi connectivity index (χ1) is 16.1. The normalized spacial score (nSPS) is 16.5. The smallest absolute Gasteiger partial charge is 0.475 e. The van der Waals surface area contributed by atoms with Gasteiger partial charge in [-0.2, -0.15) is 18.3 Å². The van der Waals surface area contributed by atoms with E-state index in [-0.39, 0.29) is 18.0 Å². The number of carboxylic acid groups (broad SMARTS) is 1. The molecule has 4 rings (SSSR count). The monoisotopic (exact) mass is 501 g/mol. The topological polar surface area (TPSA) is 122 Å². The minimum absolute atomic E-state index is 0.00612. The third kappa shape index (κ3) is 6.56. The summed E-state index contributed by atoms with van der Waals surface area (Å²) in [7, 11) is 0. The molecule has 2 aliphatic heterocycles. The van der Waals surface area contributed by atoms with E-state index in [0.717, 1.165) is 44.6 Å². The van der Waals surface area contributed by atoms with Crippen molar-refractivity contribution in [2.24, 2.45) is 11.7 Å². The molecule has 1 amide bonds. The fourth-order valence-corrected chi connectivity index (χ4v) is 4.72. The highest BCUT2D eigenvalue weighted by molar-refractivity contribution is 7.10. The lowest BCUT2D eigenvalue weighted by molar-refractivity contribution is -0.192. The highest BCUT2D eigenvalue weighted by Gasteiger charge is 2.38. The average Bonchev–Trinajstić information content (AvgIpc) is 3.28. The van der Waals surface area contributed by atoms with E-state index in [1.54, 1.807) is 23.6 Å². The summed E-state index contributed by atoms with van der Waals surface area (Å²) in [4.78, 5) is 39.3. The third-order valence-corrected chi connectivity index (χ3v) is 6.88. The average molecular weight is 502 g/mol. The highest BCUT2D eigenvalue weighted by atomic mass is 32.1. The van der Waals surface area contributed by atoms with Gasteiger partial charge in [0, 0.05) is 37.1 Å². The van der Waals surface area contributed by atoms with Crippen molar-refractivity contribution in [3.63, 3.8) is 0 Å². The van der Waals surface area contributed by atoms with Crippen molar-refractivity contribution >= 4 is 28.9 Å². The van der Waals surface area contributed by atoms with Crippen LogP contribution in [0.15, 0.2) is 28.5 Å². The lowest BCUT2D eigenvalue weighted by Crippen LogP contribution is -2.40. The van der Waals surface area contributed by atoms with Gasteiger partial charge < -0.3 is 20.6 Å². The molecular weight excluding hydrogens is 475 g/mol. The number of carboxylic acids is 1. The molecule has 0 aliphatic carbocycles. The molecule has 0 unspecified atom stereocenters. The highest BCUT2D eigenvalue weighted by Crippen LogP contribution is 2.24. The molecule has 2 aromatic rings. The molecule has 0 bridgehead atoms. The Balaban J connectivity index is 0.000000406. The number of thiophene rings is 1. The molecule has 0 radical (unpaired) electrons. The van der Waals surface area contributed by atoms with Gasteiger partial charge in [0.25, 0.3) is 5.56 Å². The number of alkyl halides is 3. The second kappa shape index (κ2) is 11.0. The van der Waals surface area contributed by atoms with Gasteiger partial charge >= 0.3 is 12.1 Å². The van der Waals surface area contributed by atoms with Crippen LogP contribution in [-0.2, 0) is 29.1 Å². The molecule has 0 spiro atoms. The van der Waals surface area contributed by atoms with Gasteiger partial charge in [-0.1, -0.05) is 0 Å². The standard InChI is InChI=1S/C19H25N5O2S.C2HF3O2/c20-10-14-1-5-22(6-2-14)16-9-18(25)24(21-11-16)13-19(26)23-7-3-17-15(12-23)4-8-27-17;3-2(4,5)1(6)7/h4,8-9,11,14H,1-3,5-7,10,12-13,20H2;(H,6,7). The van der Waals surface area contributed by atoms with E-state index in [9.17, 15) is 22.8 Å². The van der Waals surface area contributed by atoms with E-state index >= 15 is 0 Å². The lowest BCUT2D eigenvalue weighted by Gasteiger charge is -2.32. The molecule has 1 fully saturated rings. The van der Waals surface area contributed by atoms with E-state index in [1.807, 2.05) is 4.90 Å². The van der Waals surface area contributed by atoms with Crippen LogP contribution in [0.5, 0.6) is 0 Å². The number of carbonyl (C=O) groups is 2. The Morgan fingerprint density at radius 1 is 1.24 bits per heavy atom. The largest absolute Gasteiger partial charge is 0.490 e. The fourth-order valence-electron chi connectivity index (χ4n) is 3.83. The molecule has 186 valence electrons. The third-order valence-electron chi connectivity index (χ3n) is 5.86. The van der Waals surface area contributed by atoms with Crippen molar-refractivity contribution in [2.45, 2.75) is 38.5 Å². The van der Waals surface area contributed by atoms with Crippen LogP contribution in [-0.4, -0.2) is 64.0 Å². The summed E-state index contributed by atoms with van der Waals surface area (Å²) in [5.74, 6) is -2.24. The quantitative estimate of drug-likeness (QED) is 0.654. The summed E-state index contributed by atoms with van der Waals surface area (Å²) >= 11 is 1.75. The predicted octanol–water partition coefficient (Wildman–Crippen LogP) is 1.70. The van der Waals surface area contributed by atoms with Gasteiger partial charge in [0.1, 0.15) is 6.54 Å². The molecular formula is C21H26F3N5O4S. The van der Waals surface area contributed by atoms with Crippen LogP contribution in [0, 0.1) is 5.92 Å². The molecule has 34 heavy (non-hydrogen) atoms. The van der Waals surface area contributed by atoms with Gasteiger partial charge in [0.2, 0.25) is 5.91 Å². The van der Waals surface area contributed by atoms with Crippen LogP contribution in [0.3, 0.4) is 0 Å². The molecule has 2 aliphatic rings. The Bertz CT molecular complexity index is 1060. The van der Waals surface area contributed by atoms with Crippen molar-refractivity contribution in [3.05, 3.63) is 44.5 Å². The molecule has 0 saturated carbocycles. The molecule has 2 aromatic heterocycles. The number of halogens is 3. The second-order valence-electron chi connectivity index (χ2n) is 8.11.